The third-order valence-electron chi connectivity index (χ3n) is 6.74. The van der Waals surface area contributed by atoms with Crippen molar-refractivity contribution in [1.29, 1.82) is 0 Å². The van der Waals surface area contributed by atoms with Gasteiger partial charge in [-0.2, -0.15) is 0 Å². The molecular formula is C30H32N2O. The van der Waals surface area contributed by atoms with Gasteiger partial charge in [0.25, 0.3) is 0 Å². The molecule has 0 saturated heterocycles. The van der Waals surface area contributed by atoms with Gasteiger partial charge in [-0.25, -0.2) is 0 Å². The summed E-state index contributed by atoms with van der Waals surface area (Å²) in [5, 5.41) is 6.36. The Morgan fingerprint density at radius 1 is 0.909 bits per heavy atom. The molecule has 0 radical (unpaired) electrons. The lowest BCUT2D eigenvalue weighted by atomic mass is 9.96. The van der Waals surface area contributed by atoms with E-state index in [1.807, 2.05) is 0 Å². The van der Waals surface area contributed by atoms with Gasteiger partial charge in [-0.3, -0.25) is 0 Å². The van der Waals surface area contributed by atoms with Crippen LogP contribution in [0, 0.1) is 6.92 Å². The quantitative estimate of drug-likeness (QED) is 0.346. The maximum absolute atomic E-state index is 6.57. The van der Waals surface area contributed by atoms with Gasteiger partial charge in [0.05, 0.1) is 12.2 Å². The van der Waals surface area contributed by atoms with Gasteiger partial charge in [0.2, 0.25) is 0 Å². The van der Waals surface area contributed by atoms with E-state index in [2.05, 4.69) is 122 Å². The van der Waals surface area contributed by atoms with Crippen molar-refractivity contribution in [3.63, 3.8) is 0 Å². The monoisotopic (exact) mass is 436 g/mol. The summed E-state index contributed by atoms with van der Waals surface area (Å²) in [7, 11) is 0. The number of rotatable bonds is 6. The molecule has 3 nitrogen and oxygen atoms in total. The molecule has 3 heteroatoms. The second kappa shape index (κ2) is 8.92. The van der Waals surface area contributed by atoms with E-state index in [-0.39, 0.29) is 11.6 Å². The van der Waals surface area contributed by atoms with E-state index in [4.69, 9.17) is 4.74 Å². The van der Waals surface area contributed by atoms with Crippen molar-refractivity contribution in [2.75, 3.05) is 18.0 Å². The van der Waals surface area contributed by atoms with Crippen molar-refractivity contribution < 1.29 is 4.74 Å². The molecule has 0 spiro atoms. The molecule has 1 N–H and O–H groups in total. The van der Waals surface area contributed by atoms with Crippen molar-refractivity contribution in [3.8, 4) is 5.75 Å². The first-order valence-electron chi connectivity index (χ1n) is 11.9. The Bertz CT molecular complexity index is 1240. The van der Waals surface area contributed by atoms with Crippen LogP contribution in [-0.2, 0) is 0 Å². The Kier molecular flexibility index (Phi) is 5.82. The van der Waals surface area contributed by atoms with E-state index < -0.39 is 0 Å². The topological polar surface area (TPSA) is 24.5 Å². The zero-order chi connectivity index (χ0) is 22.8. The number of ether oxygens (including phenoxy) is 1. The summed E-state index contributed by atoms with van der Waals surface area (Å²) in [6.45, 7) is 8.31. The van der Waals surface area contributed by atoms with E-state index in [0.29, 0.717) is 0 Å². The number of hydrogen-bond acceptors (Lipinski definition) is 3. The second-order valence-corrected chi connectivity index (χ2v) is 9.44. The molecular weight excluding hydrogens is 404 g/mol. The maximum atomic E-state index is 6.57. The molecule has 1 aliphatic heterocycles. The van der Waals surface area contributed by atoms with Crippen LogP contribution in [0.3, 0.4) is 0 Å². The summed E-state index contributed by atoms with van der Waals surface area (Å²) in [6.07, 6.45) is 0.915. The van der Waals surface area contributed by atoms with Crippen molar-refractivity contribution in [1.82, 2.24) is 5.32 Å². The molecule has 4 aromatic carbocycles. The predicted octanol–water partition coefficient (Wildman–Crippen LogP) is 7.18. The first kappa shape index (κ1) is 21.5. The van der Waals surface area contributed by atoms with Crippen LogP contribution in [-0.4, -0.2) is 18.7 Å². The maximum Gasteiger partial charge on any atom is 0.143 e. The third-order valence-corrected chi connectivity index (χ3v) is 6.74. The van der Waals surface area contributed by atoms with Gasteiger partial charge in [-0.05, 0) is 67.9 Å². The van der Waals surface area contributed by atoms with Crippen molar-refractivity contribution in [3.05, 3.63) is 102 Å². The van der Waals surface area contributed by atoms with E-state index in [1.54, 1.807) is 0 Å². The van der Waals surface area contributed by atoms with Gasteiger partial charge in [0, 0.05) is 18.2 Å². The lowest BCUT2D eigenvalue weighted by Crippen LogP contribution is -2.48. The normalized spacial score (nSPS) is 18.6. The highest BCUT2D eigenvalue weighted by Gasteiger charge is 2.36. The molecule has 168 valence electrons. The van der Waals surface area contributed by atoms with Crippen LogP contribution in [0.25, 0.3) is 10.8 Å². The molecule has 1 heterocycles. The van der Waals surface area contributed by atoms with Crippen molar-refractivity contribution in [2.24, 2.45) is 0 Å². The molecule has 0 fully saturated rings. The largest absolute Gasteiger partial charge is 0.483 e. The van der Waals surface area contributed by atoms with Gasteiger partial charge in [-0.15, -0.1) is 0 Å². The smallest absolute Gasteiger partial charge is 0.143 e. The zero-order valence-corrected chi connectivity index (χ0v) is 19.7. The standard InChI is InChI=1S/C30H32N2O/c1-22-15-17-25(18-16-22)32-21-30(3,33-29-14-7-6-13-28(29)32)19-20-31-23(2)26-12-8-10-24-9-4-5-11-27(24)26/h4-18,23,31H,19-21H2,1-3H3/t23-,30?/m1/s1. The van der Waals surface area contributed by atoms with Gasteiger partial charge in [0.1, 0.15) is 11.4 Å². The minimum Gasteiger partial charge on any atom is -0.483 e. The average molecular weight is 437 g/mol. The van der Waals surface area contributed by atoms with E-state index in [1.165, 1.54) is 27.6 Å². The minimum atomic E-state index is -0.287. The van der Waals surface area contributed by atoms with Crippen LogP contribution in [0.2, 0.25) is 0 Å². The first-order chi connectivity index (χ1) is 16.0. The fraction of sp³-hybridized carbons (Fsp3) is 0.267. The van der Waals surface area contributed by atoms with Gasteiger partial charge < -0.3 is 15.0 Å². The number of aryl methyl sites for hydroxylation is 1. The number of para-hydroxylation sites is 2. The number of nitrogens with one attached hydrogen (secondary N) is 1. The summed E-state index contributed by atoms with van der Waals surface area (Å²) in [5.74, 6) is 0.953. The number of hydrogen-bond donors (Lipinski definition) is 1. The van der Waals surface area contributed by atoms with E-state index in [0.717, 1.165) is 30.9 Å². The summed E-state index contributed by atoms with van der Waals surface area (Å²) in [5.41, 5.74) is 4.67. The van der Waals surface area contributed by atoms with Crippen LogP contribution in [0.15, 0.2) is 91.0 Å². The molecule has 5 rings (SSSR count). The Morgan fingerprint density at radius 2 is 1.64 bits per heavy atom. The number of nitrogens with zero attached hydrogens (tertiary/aromatic N) is 1. The zero-order valence-electron chi connectivity index (χ0n) is 19.7. The minimum absolute atomic E-state index is 0.267. The molecule has 0 saturated carbocycles. The van der Waals surface area contributed by atoms with Crippen LogP contribution < -0.4 is 15.0 Å². The molecule has 4 aromatic rings. The SMILES string of the molecule is Cc1ccc(N2CC(C)(CCN[C@H](C)c3cccc4ccccc34)Oc3ccccc32)cc1. The molecule has 1 unspecified atom stereocenters. The molecule has 33 heavy (non-hydrogen) atoms. The summed E-state index contributed by atoms with van der Waals surface area (Å²) < 4.78 is 6.57. The fourth-order valence-corrected chi connectivity index (χ4v) is 4.86. The summed E-state index contributed by atoms with van der Waals surface area (Å²) in [6, 6.07) is 32.6. The van der Waals surface area contributed by atoms with Crippen molar-refractivity contribution in [2.45, 2.75) is 38.8 Å². The van der Waals surface area contributed by atoms with Gasteiger partial charge in [-0.1, -0.05) is 72.3 Å². The third kappa shape index (κ3) is 4.46. The number of anilines is 2. The molecule has 0 aliphatic carbocycles. The van der Waals surface area contributed by atoms with E-state index in [9.17, 15) is 0 Å². The Balaban J connectivity index is 1.32. The molecule has 2 atom stereocenters. The predicted molar refractivity (Wildman–Crippen MR) is 139 cm³/mol. The van der Waals surface area contributed by atoms with Crippen molar-refractivity contribution >= 4 is 22.1 Å². The van der Waals surface area contributed by atoms with Crippen LogP contribution in [0.4, 0.5) is 11.4 Å². The lowest BCUT2D eigenvalue weighted by Gasteiger charge is -2.43. The van der Waals surface area contributed by atoms with Crippen LogP contribution in [0.5, 0.6) is 5.75 Å². The number of fused-ring (bicyclic) bond motifs is 2. The molecule has 0 aromatic heterocycles. The Morgan fingerprint density at radius 3 is 2.48 bits per heavy atom. The van der Waals surface area contributed by atoms with Gasteiger partial charge in [0.15, 0.2) is 0 Å². The Labute approximate surface area is 197 Å². The lowest BCUT2D eigenvalue weighted by molar-refractivity contribution is 0.0785. The molecule has 1 aliphatic rings. The Hall–Kier alpha value is -3.30. The summed E-state index contributed by atoms with van der Waals surface area (Å²) >= 11 is 0. The fourth-order valence-electron chi connectivity index (χ4n) is 4.86. The highest BCUT2D eigenvalue weighted by atomic mass is 16.5. The van der Waals surface area contributed by atoms with E-state index >= 15 is 0 Å². The highest BCUT2D eigenvalue weighted by Crippen LogP contribution is 2.42. The first-order valence-corrected chi connectivity index (χ1v) is 11.9. The second-order valence-electron chi connectivity index (χ2n) is 9.44. The van der Waals surface area contributed by atoms with Crippen LogP contribution in [0.1, 0.15) is 37.4 Å². The molecule has 0 amide bonds. The van der Waals surface area contributed by atoms with Crippen LogP contribution >= 0.6 is 0 Å². The number of benzene rings is 4. The van der Waals surface area contributed by atoms with Gasteiger partial charge >= 0.3 is 0 Å². The average Bonchev–Trinajstić information content (AvgIpc) is 2.83. The highest BCUT2D eigenvalue weighted by molar-refractivity contribution is 5.86. The summed E-state index contributed by atoms with van der Waals surface area (Å²) in [4.78, 5) is 2.40. The molecule has 0 bridgehead atoms.